The van der Waals surface area contributed by atoms with Gasteiger partial charge in [0.05, 0.1) is 29.4 Å². The smallest absolute Gasteiger partial charge is 0.277 e. The van der Waals surface area contributed by atoms with Crippen LogP contribution in [0.3, 0.4) is 0 Å². The first-order valence-electron chi connectivity index (χ1n) is 9.36. The number of carbonyl (C=O) groups excluding carboxylic acids is 1. The van der Waals surface area contributed by atoms with E-state index in [1.165, 1.54) is 23.9 Å². The molecule has 0 fully saturated rings. The van der Waals surface area contributed by atoms with E-state index in [1.54, 1.807) is 23.9 Å². The van der Waals surface area contributed by atoms with Crippen LogP contribution in [0.5, 0.6) is 0 Å². The van der Waals surface area contributed by atoms with Crippen LogP contribution in [0.2, 0.25) is 0 Å². The number of thioether (sulfide) groups is 1. The van der Waals surface area contributed by atoms with Gasteiger partial charge in [0.2, 0.25) is 11.8 Å². The fourth-order valence-corrected chi connectivity index (χ4v) is 4.32. The monoisotopic (exact) mass is 415 g/mol. The Morgan fingerprint density at radius 3 is 2.97 bits per heavy atom. The topological polar surface area (TPSA) is 85.8 Å². The van der Waals surface area contributed by atoms with Gasteiger partial charge >= 0.3 is 0 Å². The first-order valence-corrected chi connectivity index (χ1v) is 10.3. The molecule has 1 atom stereocenters. The maximum Gasteiger partial charge on any atom is 0.277 e. The van der Waals surface area contributed by atoms with Crippen molar-refractivity contribution in [2.24, 2.45) is 5.41 Å². The van der Waals surface area contributed by atoms with Crippen molar-refractivity contribution in [1.82, 2.24) is 25.3 Å². The zero-order valence-electron chi connectivity index (χ0n) is 16.5. The maximum absolute atomic E-state index is 13.7. The van der Waals surface area contributed by atoms with E-state index in [4.69, 9.17) is 4.42 Å². The standard InChI is InChI=1S/C20H22FN5O2S/c1-12-24-25-19(28-12)29-11-18(27)23-16-8-20(2,3)9-17-15(16)10-22-26(17)14-6-4-5-13(21)7-14/h4-7,10,16H,8-9,11H2,1-3H3,(H,23,27)/t16-/m0/s1. The van der Waals surface area contributed by atoms with E-state index in [1.807, 2.05) is 6.07 Å². The van der Waals surface area contributed by atoms with Crippen LogP contribution in [0, 0.1) is 18.2 Å². The molecule has 2 aromatic heterocycles. The Morgan fingerprint density at radius 1 is 1.41 bits per heavy atom. The minimum absolute atomic E-state index is 0.0349. The van der Waals surface area contributed by atoms with Gasteiger partial charge in [-0.1, -0.05) is 31.7 Å². The predicted molar refractivity (Wildman–Crippen MR) is 106 cm³/mol. The Balaban J connectivity index is 1.54. The number of amides is 1. The first kappa shape index (κ1) is 19.6. The molecular weight excluding hydrogens is 393 g/mol. The molecule has 152 valence electrons. The molecule has 0 bridgehead atoms. The molecule has 4 rings (SSSR count). The maximum atomic E-state index is 13.7. The van der Waals surface area contributed by atoms with E-state index >= 15 is 0 Å². The number of rotatable bonds is 5. The molecule has 0 saturated heterocycles. The van der Waals surface area contributed by atoms with Crippen molar-refractivity contribution in [3.05, 3.63) is 53.4 Å². The van der Waals surface area contributed by atoms with Crippen LogP contribution in [0.1, 0.15) is 43.5 Å². The average molecular weight is 415 g/mol. The quantitative estimate of drug-likeness (QED) is 0.641. The molecule has 9 heteroatoms. The second kappa shape index (κ2) is 7.62. The van der Waals surface area contributed by atoms with E-state index < -0.39 is 0 Å². The van der Waals surface area contributed by atoms with Crippen molar-refractivity contribution in [2.45, 2.75) is 44.9 Å². The van der Waals surface area contributed by atoms with Gasteiger partial charge < -0.3 is 9.73 Å². The van der Waals surface area contributed by atoms with Crippen molar-refractivity contribution in [1.29, 1.82) is 0 Å². The second-order valence-corrected chi connectivity index (χ2v) is 8.91. The van der Waals surface area contributed by atoms with Gasteiger partial charge in [0.25, 0.3) is 5.22 Å². The van der Waals surface area contributed by atoms with Crippen molar-refractivity contribution in [2.75, 3.05) is 5.75 Å². The average Bonchev–Trinajstić information content (AvgIpc) is 3.25. The highest BCUT2D eigenvalue weighted by Crippen LogP contribution is 2.41. The number of hydrogen-bond acceptors (Lipinski definition) is 6. The summed E-state index contributed by atoms with van der Waals surface area (Å²) in [6.07, 6.45) is 3.36. The largest absolute Gasteiger partial charge is 0.416 e. The van der Waals surface area contributed by atoms with E-state index in [-0.39, 0.29) is 28.9 Å². The van der Waals surface area contributed by atoms with Gasteiger partial charge in [-0.3, -0.25) is 4.79 Å². The highest BCUT2D eigenvalue weighted by Gasteiger charge is 2.36. The van der Waals surface area contributed by atoms with Crippen LogP contribution in [0.25, 0.3) is 5.69 Å². The van der Waals surface area contributed by atoms with Gasteiger partial charge in [0, 0.05) is 12.5 Å². The number of aryl methyl sites for hydroxylation is 1. The van der Waals surface area contributed by atoms with Gasteiger partial charge in [-0.15, -0.1) is 10.2 Å². The molecule has 0 spiro atoms. The Morgan fingerprint density at radius 2 is 2.24 bits per heavy atom. The molecule has 2 heterocycles. The van der Waals surface area contributed by atoms with Crippen LogP contribution < -0.4 is 5.32 Å². The molecular formula is C20H22FN5O2S. The lowest BCUT2D eigenvalue weighted by Gasteiger charge is -2.36. The summed E-state index contributed by atoms with van der Waals surface area (Å²) in [4.78, 5) is 12.5. The van der Waals surface area contributed by atoms with Crippen LogP contribution in [-0.2, 0) is 11.2 Å². The third-order valence-corrected chi connectivity index (χ3v) is 5.72. The van der Waals surface area contributed by atoms with E-state index in [0.29, 0.717) is 16.8 Å². The Bertz CT molecular complexity index is 1050. The number of benzene rings is 1. The Hall–Kier alpha value is -2.68. The zero-order chi connectivity index (χ0) is 20.6. The van der Waals surface area contributed by atoms with Gasteiger partial charge in [-0.2, -0.15) is 5.10 Å². The number of aromatic nitrogens is 4. The van der Waals surface area contributed by atoms with Gasteiger partial charge in [-0.25, -0.2) is 9.07 Å². The minimum Gasteiger partial charge on any atom is -0.416 e. The van der Waals surface area contributed by atoms with Crippen molar-refractivity contribution < 1.29 is 13.6 Å². The van der Waals surface area contributed by atoms with E-state index in [9.17, 15) is 9.18 Å². The summed E-state index contributed by atoms with van der Waals surface area (Å²) >= 11 is 1.21. The van der Waals surface area contributed by atoms with Crippen LogP contribution in [-0.4, -0.2) is 31.6 Å². The normalized spacial score (nSPS) is 17.7. The number of carbonyl (C=O) groups is 1. The Kier molecular flexibility index (Phi) is 5.16. The van der Waals surface area contributed by atoms with Gasteiger partial charge in [0.15, 0.2) is 0 Å². The summed E-state index contributed by atoms with van der Waals surface area (Å²) in [5.74, 6) is 0.237. The summed E-state index contributed by atoms with van der Waals surface area (Å²) in [6, 6.07) is 6.21. The second-order valence-electron chi connectivity index (χ2n) is 7.98. The van der Waals surface area contributed by atoms with Crippen LogP contribution in [0.4, 0.5) is 4.39 Å². The molecule has 1 amide bonds. The molecule has 29 heavy (non-hydrogen) atoms. The molecule has 0 saturated carbocycles. The third-order valence-electron chi connectivity index (χ3n) is 4.90. The van der Waals surface area contributed by atoms with E-state index in [2.05, 4.69) is 34.5 Å². The molecule has 1 aromatic carbocycles. The molecule has 0 unspecified atom stereocenters. The van der Waals surface area contributed by atoms with Gasteiger partial charge in [0.1, 0.15) is 5.82 Å². The number of fused-ring (bicyclic) bond motifs is 1. The molecule has 1 N–H and O–H groups in total. The lowest BCUT2D eigenvalue weighted by Crippen LogP contribution is -2.37. The minimum atomic E-state index is -0.306. The highest BCUT2D eigenvalue weighted by molar-refractivity contribution is 7.99. The lowest BCUT2D eigenvalue weighted by molar-refractivity contribution is -0.119. The molecule has 1 aliphatic rings. The number of nitrogens with one attached hydrogen (secondary N) is 1. The first-order chi connectivity index (χ1) is 13.8. The predicted octanol–water partition coefficient (Wildman–Crippen LogP) is 3.62. The fourth-order valence-electron chi connectivity index (χ4n) is 3.70. The molecule has 1 aliphatic carbocycles. The summed E-state index contributed by atoms with van der Waals surface area (Å²) in [6.45, 7) is 6.03. The fraction of sp³-hybridized carbons (Fsp3) is 0.400. The molecule has 0 radical (unpaired) electrons. The zero-order valence-corrected chi connectivity index (χ0v) is 17.3. The third kappa shape index (κ3) is 4.34. The summed E-state index contributed by atoms with van der Waals surface area (Å²) in [5, 5.41) is 15.6. The number of halogens is 1. The lowest BCUT2D eigenvalue weighted by atomic mass is 9.74. The molecule has 0 aliphatic heterocycles. The summed E-state index contributed by atoms with van der Waals surface area (Å²) in [5.41, 5.74) is 2.61. The number of nitrogens with zero attached hydrogens (tertiary/aromatic N) is 4. The van der Waals surface area contributed by atoms with Crippen molar-refractivity contribution in [3.8, 4) is 5.69 Å². The Labute approximate surface area is 172 Å². The molecule has 3 aromatic rings. The van der Waals surface area contributed by atoms with Crippen LogP contribution in [0.15, 0.2) is 40.1 Å². The SMILES string of the molecule is Cc1nnc(SCC(=O)N[C@H]2CC(C)(C)Cc3c2cnn3-c2cccc(F)c2)o1. The number of hydrogen-bond donors (Lipinski definition) is 1. The summed E-state index contributed by atoms with van der Waals surface area (Å²) < 4.78 is 20.8. The van der Waals surface area contributed by atoms with Crippen molar-refractivity contribution in [3.63, 3.8) is 0 Å². The van der Waals surface area contributed by atoms with Crippen molar-refractivity contribution >= 4 is 17.7 Å². The van der Waals surface area contributed by atoms with Gasteiger partial charge in [-0.05, 0) is 36.5 Å². The highest BCUT2D eigenvalue weighted by atomic mass is 32.2. The van der Waals surface area contributed by atoms with E-state index in [0.717, 1.165) is 24.1 Å². The van der Waals surface area contributed by atoms with Crippen LogP contribution >= 0.6 is 11.8 Å². The summed E-state index contributed by atoms with van der Waals surface area (Å²) in [7, 11) is 0. The molecule has 7 nitrogen and oxygen atoms in total.